The molecular formula is C21H24N2O4S. The lowest BCUT2D eigenvalue weighted by Crippen LogP contribution is -2.27. The zero-order valence-electron chi connectivity index (χ0n) is 16.0. The predicted octanol–water partition coefficient (Wildman–Crippen LogP) is 3.61. The molecular weight excluding hydrogens is 376 g/mol. The Morgan fingerprint density at radius 2 is 1.75 bits per heavy atom. The number of anilines is 1. The second-order valence-electron chi connectivity index (χ2n) is 7.43. The first-order valence-corrected chi connectivity index (χ1v) is 11.0. The van der Waals surface area contributed by atoms with Crippen LogP contribution in [0.3, 0.4) is 0 Å². The van der Waals surface area contributed by atoms with Gasteiger partial charge in [-0.3, -0.25) is 4.79 Å². The molecule has 1 fully saturated rings. The fourth-order valence-corrected chi connectivity index (χ4v) is 5.27. The number of benzene rings is 2. The van der Waals surface area contributed by atoms with Crippen LogP contribution < -0.4 is 10.1 Å². The summed E-state index contributed by atoms with van der Waals surface area (Å²) in [5.41, 5.74) is 2.07. The quantitative estimate of drug-likeness (QED) is 0.851. The minimum atomic E-state index is -3.46. The lowest BCUT2D eigenvalue weighted by molar-refractivity contribution is 0.102. The summed E-state index contributed by atoms with van der Waals surface area (Å²) in [5, 5.41) is 2.84. The Bertz CT molecular complexity index is 996. The van der Waals surface area contributed by atoms with E-state index in [2.05, 4.69) is 12.2 Å². The number of para-hydroxylation sites is 1. The van der Waals surface area contributed by atoms with Gasteiger partial charge >= 0.3 is 0 Å². The first kappa shape index (κ1) is 19.0. The zero-order chi connectivity index (χ0) is 19.9. The molecule has 4 rings (SSSR count). The fourth-order valence-electron chi connectivity index (χ4n) is 3.75. The first-order chi connectivity index (χ1) is 13.4. The summed E-state index contributed by atoms with van der Waals surface area (Å²) in [6.45, 7) is 5.21. The van der Waals surface area contributed by atoms with Gasteiger partial charge in [0.15, 0.2) is 0 Å². The highest BCUT2D eigenvalue weighted by Gasteiger charge is 2.31. The summed E-state index contributed by atoms with van der Waals surface area (Å²) < 4.78 is 32.6. The smallest absolute Gasteiger partial charge is 0.259 e. The van der Waals surface area contributed by atoms with E-state index in [1.807, 2.05) is 19.1 Å². The molecule has 0 aromatic heterocycles. The van der Waals surface area contributed by atoms with E-state index in [1.165, 1.54) is 4.31 Å². The third kappa shape index (κ3) is 3.29. The molecule has 2 atom stereocenters. The van der Waals surface area contributed by atoms with Gasteiger partial charge in [-0.25, -0.2) is 8.42 Å². The van der Waals surface area contributed by atoms with Gasteiger partial charge in [0.05, 0.1) is 10.5 Å². The minimum Gasteiger partial charge on any atom is -0.489 e. The Labute approximate surface area is 165 Å². The number of hydrogen-bond donors (Lipinski definition) is 1. The summed E-state index contributed by atoms with van der Waals surface area (Å²) in [7, 11) is -3.46. The van der Waals surface area contributed by atoms with Gasteiger partial charge < -0.3 is 10.1 Å². The van der Waals surface area contributed by atoms with Crippen molar-refractivity contribution in [2.24, 2.45) is 0 Å². The van der Waals surface area contributed by atoms with Crippen molar-refractivity contribution in [2.45, 2.75) is 43.6 Å². The number of sulfonamides is 1. The molecule has 0 unspecified atom stereocenters. The fraction of sp³-hybridized carbons (Fsp3) is 0.381. The first-order valence-electron chi connectivity index (χ1n) is 9.59. The molecule has 2 aliphatic heterocycles. The molecule has 7 heteroatoms. The molecule has 1 N–H and O–H groups in total. The van der Waals surface area contributed by atoms with Crippen molar-refractivity contribution in [2.75, 3.05) is 18.4 Å². The molecule has 28 heavy (non-hydrogen) atoms. The van der Waals surface area contributed by atoms with Crippen LogP contribution >= 0.6 is 0 Å². The predicted molar refractivity (Wildman–Crippen MR) is 107 cm³/mol. The number of fused-ring (bicyclic) bond motifs is 1. The monoisotopic (exact) mass is 400 g/mol. The molecule has 6 nitrogen and oxygen atoms in total. The van der Waals surface area contributed by atoms with Gasteiger partial charge in [-0.05, 0) is 50.1 Å². The zero-order valence-corrected chi connectivity index (χ0v) is 16.8. The second kappa shape index (κ2) is 7.22. The van der Waals surface area contributed by atoms with E-state index in [9.17, 15) is 13.2 Å². The van der Waals surface area contributed by atoms with E-state index in [-0.39, 0.29) is 22.8 Å². The van der Waals surface area contributed by atoms with Crippen LogP contribution in [0.25, 0.3) is 0 Å². The number of ether oxygens (including phenoxy) is 1. The van der Waals surface area contributed by atoms with Gasteiger partial charge in [-0.15, -0.1) is 0 Å². The average molecular weight is 401 g/mol. The molecule has 0 spiro atoms. The van der Waals surface area contributed by atoms with Gasteiger partial charge in [-0.1, -0.05) is 19.1 Å². The molecule has 1 amide bonds. The molecule has 0 radical (unpaired) electrons. The Kier molecular flexibility index (Phi) is 4.89. The highest BCUT2D eigenvalue weighted by atomic mass is 32.2. The third-order valence-electron chi connectivity index (χ3n) is 5.60. The van der Waals surface area contributed by atoms with Gasteiger partial charge in [-0.2, -0.15) is 4.31 Å². The maximum absolute atomic E-state index is 12.8. The summed E-state index contributed by atoms with van der Waals surface area (Å²) in [6.07, 6.45) is 1.82. The topological polar surface area (TPSA) is 75.7 Å². The van der Waals surface area contributed by atoms with Crippen LogP contribution in [-0.2, 0) is 10.0 Å². The van der Waals surface area contributed by atoms with Crippen molar-refractivity contribution in [1.29, 1.82) is 0 Å². The number of hydrogen-bond acceptors (Lipinski definition) is 4. The number of rotatable bonds is 4. The van der Waals surface area contributed by atoms with E-state index in [0.29, 0.717) is 30.1 Å². The largest absolute Gasteiger partial charge is 0.489 e. The second-order valence-corrected chi connectivity index (χ2v) is 9.36. The number of carbonyl (C=O) groups excluding carboxylic acids is 1. The Hall–Kier alpha value is -2.38. The Balaban J connectivity index is 1.52. The van der Waals surface area contributed by atoms with Crippen LogP contribution in [0.5, 0.6) is 5.75 Å². The van der Waals surface area contributed by atoms with Crippen LogP contribution in [0.4, 0.5) is 5.69 Å². The molecule has 0 aliphatic carbocycles. The van der Waals surface area contributed by atoms with Crippen molar-refractivity contribution >= 4 is 21.6 Å². The lowest BCUT2D eigenvalue weighted by atomic mass is 9.97. The summed E-state index contributed by atoms with van der Waals surface area (Å²) in [6, 6.07) is 11.9. The van der Waals surface area contributed by atoms with E-state index in [4.69, 9.17) is 4.74 Å². The number of nitrogens with one attached hydrogen (secondary N) is 1. The minimum absolute atomic E-state index is 0.0269. The van der Waals surface area contributed by atoms with Gasteiger partial charge in [0.2, 0.25) is 10.0 Å². The van der Waals surface area contributed by atoms with Crippen molar-refractivity contribution in [1.82, 2.24) is 4.31 Å². The van der Waals surface area contributed by atoms with Crippen LogP contribution in [0, 0.1) is 0 Å². The highest BCUT2D eigenvalue weighted by Crippen LogP contribution is 2.40. The summed E-state index contributed by atoms with van der Waals surface area (Å²) >= 11 is 0. The average Bonchev–Trinajstić information content (AvgIpc) is 3.32. The normalized spacial score (nSPS) is 21.9. The highest BCUT2D eigenvalue weighted by molar-refractivity contribution is 7.89. The van der Waals surface area contributed by atoms with Crippen LogP contribution in [-0.4, -0.2) is 37.8 Å². The SMILES string of the molecule is C[C@@H]1Oc2c(C(=O)Nc3ccc(S(=O)(=O)N4CCCC4)cc3)cccc2[C@@H]1C. The van der Waals surface area contributed by atoms with Gasteiger partial charge in [0, 0.05) is 30.3 Å². The molecule has 1 saturated heterocycles. The standard InChI is InChI=1S/C21H24N2O4S/c1-14-15(2)27-20-18(14)6-5-7-19(20)21(24)22-16-8-10-17(11-9-16)28(25,26)23-12-3-4-13-23/h5-11,14-15H,3-4,12-13H2,1-2H3,(H,22,24)/t14-,15+/m1/s1. The molecule has 2 aromatic rings. The molecule has 2 aliphatic rings. The van der Waals surface area contributed by atoms with Crippen LogP contribution in [0.1, 0.15) is 48.5 Å². The molecule has 2 aromatic carbocycles. The molecule has 0 saturated carbocycles. The van der Waals surface area contributed by atoms with Crippen molar-refractivity contribution in [3.05, 3.63) is 53.6 Å². The van der Waals surface area contributed by atoms with E-state index < -0.39 is 10.0 Å². The summed E-state index contributed by atoms with van der Waals surface area (Å²) in [4.78, 5) is 13.0. The van der Waals surface area contributed by atoms with Gasteiger partial charge in [0.1, 0.15) is 11.9 Å². The molecule has 0 bridgehead atoms. The Morgan fingerprint density at radius 3 is 2.43 bits per heavy atom. The van der Waals surface area contributed by atoms with E-state index in [1.54, 1.807) is 30.3 Å². The van der Waals surface area contributed by atoms with Crippen LogP contribution in [0.2, 0.25) is 0 Å². The maximum Gasteiger partial charge on any atom is 0.259 e. The molecule has 148 valence electrons. The van der Waals surface area contributed by atoms with Crippen molar-refractivity contribution in [3.63, 3.8) is 0 Å². The van der Waals surface area contributed by atoms with Crippen molar-refractivity contribution in [3.8, 4) is 5.75 Å². The van der Waals surface area contributed by atoms with Gasteiger partial charge in [0.25, 0.3) is 5.91 Å². The van der Waals surface area contributed by atoms with E-state index in [0.717, 1.165) is 18.4 Å². The number of amides is 1. The van der Waals surface area contributed by atoms with Crippen LogP contribution in [0.15, 0.2) is 47.4 Å². The Morgan fingerprint density at radius 1 is 1.07 bits per heavy atom. The third-order valence-corrected chi connectivity index (χ3v) is 7.52. The van der Waals surface area contributed by atoms with E-state index >= 15 is 0 Å². The van der Waals surface area contributed by atoms with Crippen molar-refractivity contribution < 1.29 is 17.9 Å². The molecule has 2 heterocycles. The summed E-state index contributed by atoms with van der Waals surface area (Å²) in [5.74, 6) is 0.597. The maximum atomic E-state index is 12.8. The lowest BCUT2D eigenvalue weighted by Gasteiger charge is -2.16. The number of carbonyl (C=O) groups is 1. The number of nitrogens with zero attached hydrogens (tertiary/aromatic N) is 1.